The maximum absolute atomic E-state index is 13.0. The first-order chi connectivity index (χ1) is 15.1. The Kier molecular flexibility index (Phi) is 5.83. The van der Waals surface area contributed by atoms with Gasteiger partial charge in [0.1, 0.15) is 17.2 Å². The maximum Gasteiger partial charge on any atom is 0.272 e. The summed E-state index contributed by atoms with van der Waals surface area (Å²) in [5.41, 5.74) is 2.46. The number of benzene rings is 1. The predicted octanol–water partition coefficient (Wildman–Crippen LogP) is 2.09. The summed E-state index contributed by atoms with van der Waals surface area (Å²) in [6.07, 6.45) is 3.36. The van der Waals surface area contributed by atoms with E-state index in [2.05, 4.69) is 15.2 Å². The zero-order chi connectivity index (χ0) is 21.8. The zero-order valence-corrected chi connectivity index (χ0v) is 17.4. The third-order valence-electron chi connectivity index (χ3n) is 5.28. The first kappa shape index (κ1) is 20.4. The topological polar surface area (TPSA) is 101 Å². The van der Waals surface area contributed by atoms with Gasteiger partial charge in [0.15, 0.2) is 0 Å². The van der Waals surface area contributed by atoms with Crippen LogP contribution in [0.25, 0.3) is 11.3 Å². The normalized spacial score (nSPS) is 13.7. The lowest BCUT2D eigenvalue weighted by atomic mass is 10.1. The van der Waals surface area contributed by atoms with E-state index >= 15 is 0 Å². The molecule has 0 spiro atoms. The molecule has 0 radical (unpaired) electrons. The van der Waals surface area contributed by atoms with Crippen molar-refractivity contribution in [3.63, 3.8) is 0 Å². The Bertz CT molecular complexity index is 1070. The van der Waals surface area contributed by atoms with E-state index in [1.54, 1.807) is 53.6 Å². The summed E-state index contributed by atoms with van der Waals surface area (Å²) in [7, 11) is 3.08. The molecular weight excluding hydrogens is 398 g/mol. The van der Waals surface area contributed by atoms with Gasteiger partial charge in [-0.05, 0) is 30.3 Å². The van der Waals surface area contributed by atoms with Gasteiger partial charge in [-0.25, -0.2) is 0 Å². The predicted molar refractivity (Wildman–Crippen MR) is 113 cm³/mol. The number of methoxy groups -OCH3 is 2. The number of rotatable bonds is 5. The number of carbonyl (C=O) groups excluding carboxylic acids is 2. The van der Waals surface area contributed by atoms with Crippen LogP contribution in [0.5, 0.6) is 11.5 Å². The molecule has 1 aromatic carbocycles. The summed E-state index contributed by atoms with van der Waals surface area (Å²) in [5, 5.41) is 7.05. The summed E-state index contributed by atoms with van der Waals surface area (Å²) in [4.78, 5) is 33.3. The molecule has 1 fully saturated rings. The van der Waals surface area contributed by atoms with E-state index in [1.807, 2.05) is 12.1 Å². The van der Waals surface area contributed by atoms with E-state index in [9.17, 15) is 9.59 Å². The van der Waals surface area contributed by atoms with Crippen molar-refractivity contribution in [2.24, 2.45) is 0 Å². The monoisotopic (exact) mass is 421 g/mol. The van der Waals surface area contributed by atoms with E-state index in [4.69, 9.17) is 9.47 Å². The lowest BCUT2D eigenvalue weighted by Gasteiger charge is -2.34. The molecule has 9 nitrogen and oxygen atoms in total. The number of ether oxygens (including phenoxy) is 2. The van der Waals surface area contributed by atoms with E-state index < -0.39 is 0 Å². The van der Waals surface area contributed by atoms with Crippen molar-refractivity contribution in [2.75, 3.05) is 40.4 Å². The fourth-order valence-electron chi connectivity index (χ4n) is 3.53. The molecule has 3 aromatic rings. The first-order valence-electron chi connectivity index (χ1n) is 9.87. The molecule has 1 saturated heterocycles. The summed E-state index contributed by atoms with van der Waals surface area (Å²) in [6.45, 7) is 1.75. The summed E-state index contributed by atoms with van der Waals surface area (Å²) in [5.74, 6) is 0.813. The Morgan fingerprint density at radius 2 is 1.58 bits per heavy atom. The molecule has 4 rings (SSSR count). The molecule has 2 aromatic heterocycles. The number of carbonyl (C=O) groups is 2. The van der Waals surface area contributed by atoms with Gasteiger partial charge < -0.3 is 19.3 Å². The van der Waals surface area contributed by atoms with Gasteiger partial charge in [0.2, 0.25) is 0 Å². The average Bonchev–Trinajstić information content (AvgIpc) is 3.34. The SMILES string of the molecule is COc1ccc(C(=O)N2CCN(C(=O)c3cc(-c4ccncc4)n[nH]3)CC2)c(OC)c1. The summed E-state index contributed by atoms with van der Waals surface area (Å²) in [6, 6.07) is 10.5. The highest BCUT2D eigenvalue weighted by molar-refractivity contribution is 5.98. The standard InChI is InChI=1S/C22H23N5O4/c1-30-16-3-4-17(20(13-16)31-2)21(28)26-9-11-27(12-10-26)22(29)19-14-18(24-25-19)15-5-7-23-8-6-15/h3-8,13-14H,9-12H2,1-2H3,(H,24,25). The van der Waals surface area contributed by atoms with Crippen LogP contribution < -0.4 is 9.47 Å². The number of piperazine rings is 1. The Hall–Kier alpha value is -3.88. The maximum atomic E-state index is 13.0. The van der Waals surface area contributed by atoms with Crippen molar-refractivity contribution in [3.8, 4) is 22.8 Å². The van der Waals surface area contributed by atoms with Gasteiger partial charge in [0.05, 0.1) is 25.5 Å². The molecule has 0 atom stereocenters. The second-order valence-electron chi connectivity index (χ2n) is 7.05. The zero-order valence-electron chi connectivity index (χ0n) is 17.4. The number of hydrogen-bond donors (Lipinski definition) is 1. The number of pyridine rings is 1. The molecule has 3 heterocycles. The van der Waals surface area contributed by atoms with Gasteiger partial charge in [0.25, 0.3) is 11.8 Å². The molecule has 1 aliphatic rings. The van der Waals surface area contributed by atoms with Gasteiger partial charge in [-0.3, -0.25) is 19.7 Å². The third-order valence-corrected chi connectivity index (χ3v) is 5.28. The first-order valence-corrected chi connectivity index (χ1v) is 9.87. The number of H-pyrrole nitrogens is 1. The van der Waals surface area contributed by atoms with Gasteiger partial charge in [-0.1, -0.05) is 0 Å². The van der Waals surface area contributed by atoms with Crippen LogP contribution in [0.15, 0.2) is 48.8 Å². The van der Waals surface area contributed by atoms with E-state index in [1.165, 1.54) is 7.11 Å². The molecule has 0 unspecified atom stereocenters. The van der Waals surface area contributed by atoms with Crippen molar-refractivity contribution in [1.82, 2.24) is 25.0 Å². The molecule has 0 saturated carbocycles. The van der Waals surface area contributed by atoms with Crippen LogP contribution in [0, 0.1) is 0 Å². The number of nitrogens with zero attached hydrogens (tertiary/aromatic N) is 4. The van der Waals surface area contributed by atoms with Crippen LogP contribution in [0.1, 0.15) is 20.8 Å². The minimum absolute atomic E-state index is 0.131. The molecular formula is C22H23N5O4. The fraction of sp³-hybridized carbons (Fsp3) is 0.273. The van der Waals surface area contributed by atoms with Crippen LogP contribution in [-0.4, -0.2) is 77.2 Å². The highest BCUT2D eigenvalue weighted by Crippen LogP contribution is 2.26. The molecule has 0 aliphatic carbocycles. The smallest absolute Gasteiger partial charge is 0.272 e. The molecule has 160 valence electrons. The Morgan fingerprint density at radius 3 is 2.23 bits per heavy atom. The van der Waals surface area contributed by atoms with E-state index in [0.29, 0.717) is 54.6 Å². The Morgan fingerprint density at radius 1 is 0.903 bits per heavy atom. The minimum Gasteiger partial charge on any atom is -0.497 e. The number of aromatic nitrogens is 3. The lowest BCUT2D eigenvalue weighted by Crippen LogP contribution is -2.50. The molecule has 9 heteroatoms. The van der Waals surface area contributed by atoms with Crippen molar-refractivity contribution >= 4 is 11.8 Å². The van der Waals surface area contributed by atoms with Crippen molar-refractivity contribution in [2.45, 2.75) is 0 Å². The number of hydrogen-bond acceptors (Lipinski definition) is 6. The van der Waals surface area contributed by atoms with Gasteiger partial charge in [-0.15, -0.1) is 0 Å². The Labute approximate surface area is 179 Å². The third kappa shape index (κ3) is 4.20. The second kappa shape index (κ2) is 8.86. The van der Waals surface area contributed by atoms with Gasteiger partial charge in [-0.2, -0.15) is 5.10 Å². The van der Waals surface area contributed by atoms with Crippen LogP contribution in [-0.2, 0) is 0 Å². The molecule has 31 heavy (non-hydrogen) atoms. The molecule has 0 bridgehead atoms. The molecule has 2 amide bonds. The van der Waals surface area contributed by atoms with Crippen molar-refractivity contribution in [3.05, 3.63) is 60.0 Å². The largest absolute Gasteiger partial charge is 0.497 e. The quantitative estimate of drug-likeness (QED) is 0.677. The van der Waals surface area contributed by atoms with E-state index in [-0.39, 0.29) is 11.8 Å². The lowest BCUT2D eigenvalue weighted by molar-refractivity contribution is 0.0530. The van der Waals surface area contributed by atoms with Gasteiger partial charge >= 0.3 is 0 Å². The Balaban J connectivity index is 1.40. The number of amides is 2. The van der Waals surface area contributed by atoms with Crippen molar-refractivity contribution in [1.29, 1.82) is 0 Å². The highest BCUT2D eigenvalue weighted by atomic mass is 16.5. The number of nitrogens with one attached hydrogen (secondary N) is 1. The highest BCUT2D eigenvalue weighted by Gasteiger charge is 2.28. The second-order valence-corrected chi connectivity index (χ2v) is 7.05. The fourth-order valence-corrected chi connectivity index (χ4v) is 3.53. The average molecular weight is 421 g/mol. The molecule has 1 N–H and O–H groups in total. The minimum atomic E-state index is -0.137. The van der Waals surface area contributed by atoms with Crippen LogP contribution >= 0.6 is 0 Å². The van der Waals surface area contributed by atoms with Gasteiger partial charge in [0, 0.05) is 50.2 Å². The van der Waals surface area contributed by atoms with Crippen LogP contribution in [0.3, 0.4) is 0 Å². The van der Waals surface area contributed by atoms with Crippen LogP contribution in [0.4, 0.5) is 0 Å². The summed E-state index contributed by atoms with van der Waals surface area (Å²) >= 11 is 0. The number of aromatic amines is 1. The van der Waals surface area contributed by atoms with E-state index in [0.717, 1.165) is 5.56 Å². The molecule has 1 aliphatic heterocycles. The summed E-state index contributed by atoms with van der Waals surface area (Å²) < 4.78 is 10.5. The van der Waals surface area contributed by atoms with Crippen LogP contribution in [0.2, 0.25) is 0 Å². The van der Waals surface area contributed by atoms with Crippen molar-refractivity contribution < 1.29 is 19.1 Å².